The fraction of sp³-hybridized carbons (Fsp3) is 0.111. The summed E-state index contributed by atoms with van der Waals surface area (Å²) in [6.07, 6.45) is 0. The van der Waals surface area contributed by atoms with Crippen molar-refractivity contribution < 1.29 is 5.11 Å². The lowest BCUT2D eigenvalue weighted by atomic mass is 10.2. The molecule has 0 aliphatic carbocycles. The van der Waals surface area contributed by atoms with Crippen LogP contribution < -0.4 is 5.73 Å². The molecule has 0 spiro atoms. The Balaban J connectivity index is 1.99. The number of rotatable bonds is 3. The van der Waals surface area contributed by atoms with Crippen LogP contribution in [0.25, 0.3) is 0 Å². The maximum absolute atomic E-state index is 9.25. The topological polar surface area (TPSA) is 87.8 Å². The number of nitrogens with zero attached hydrogens (tertiary/aromatic N) is 2. The molecule has 1 aromatic carbocycles. The minimum absolute atomic E-state index is 0.266. The minimum Gasteiger partial charge on any atom is -0.508 e. The molecule has 0 radical (unpaired) electrons. The standard InChI is InChI=1S/C9H10N4OS/c10-8-11-9(13-12-8)15-5-6-2-1-3-7(14)4-6/h1-4,14H,5H2,(H3,10,11,12,13). The van der Waals surface area contributed by atoms with Crippen LogP contribution in [0, 0.1) is 0 Å². The summed E-state index contributed by atoms with van der Waals surface area (Å²) < 4.78 is 0. The predicted octanol–water partition coefficient (Wildman–Crippen LogP) is 1.38. The first-order valence-corrected chi connectivity index (χ1v) is 5.31. The van der Waals surface area contributed by atoms with E-state index in [1.165, 1.54) is 11.8 Å². The Kier molecular flexibility index (Phi) is 2.77. The van der Waals surface area contributed by atoms with Gasteiger partial charge in [0.2, 0.25) is 11.1 Å². The number of H-pyrrole nitrogens is 1. The molecular weight excluding hydrogens is 212 g/mol. The van der Waals surface area contributed by atoms with Gasteiger partial charge >= 0.3 is 0 Å². The van der Waals surface area contributed by atoms with Crippen molar-refractivity contribution in [2.45, 2.75) is 10.9 Å². The van der Waals surface area contributed by atoms with Crippen molar-refractivity contribution in [2.24, 2.45) is 0 Å². The third-order valence-corrected chi connectivity index (χ3v) is 2.68. The van der Waals surface area contributed by atoms with E-state index in [2.05, 4.69) is 15.2 Å². The molecule has 78 valence electrons. The quantitative estimate of drug-likeness (QED) is 0.683. The average Bonchev–Trinajstić information content (AvgIpc) is 2.62. The number of hydrogen-bond donors (Lipinski definition) is 3. The van der Waals surface area contributed by atoms with Crippen LogP contribution in [0.2, 0.25) is 0 Å². The maximum atomic E-state index is 9.25. The Morgan fingerprint density at radius 2 is 2.33 bits per heavy atom. The van der Waals surface area contributed by atoms with Gasteiger partial charge in [0.15, 0.2) is 0 Å². The van der Waals surface area contributed by atoms with Crippen LogP contribution in [0.5, 0.6) is 5.75 Å². The summed E-state index contributed by atoms with van der Waals surface area (Å²) in [5.74, 6) is 1.28. The van der Waals surface area contributed by atoms with Gasteiger partial charge in [0.1, 0.15) is 5.75 Å². The van der Waals surface area contributed by atoms with Gasteiger partial charge in [-0.1, -0.05) is 23.9 Å². The Morgan fingerprint density at radius 1 is 1.47 bits per heavy atom. The zero-order valence-electron chi connectivity index (χ0n) is 7.84. The second-order valence-corrected chi connectivity index (χ2v) is 3.90. The zero-order chi connectivity index (χ0) is 10.7. The van der Waals surface area contributed by atoms with Gasteiger partial charge in [0, 0.05) is 5.75 Å². The van der Waals surface area contributed by atoms with Crippen molar-refractivity contribution in [2.75, 3.05) is 5.73 Å². The van der Waals surface area contributed by atoms with Crippen LogP contribution in [0.1, 0.15) is 5.56 Å². The van der Waals surface area contributed by atoms with Gasteiger partial charge in [0.05, 0.1) is 0 Å². The summed E-state index contributed by atoms with van der Waals surface area (Å²) >= 11 is 1.46. The van der Waals surface area contributed by atoms with Gasteiger partial charge in [-0.2, -0.15) is 4.98 Å². The molecule has 4 N–H and O–H groups in total. The smallest absolute Gasteiger partial charge is 0.216 e. The normalized spacial score (nSPS) is 10.4. The minimum atomic E-state index is 0.266. The highest BCUT2D eigenvalue weighted by molar-refractivity contribution is 7.98. The summed E-state index contributed by atoms with van der Waals surface area (Å²) in [6, 6.07) is 7.09. The summed E-state index contributed by atoms with van der Waals surface area (Å²) in [5.41, 5.74) is 6.41. The largest absolute Gasteiger partial charge is 0.508 e. The second kappa shape index (κ2) is 4.22. The number of nitrogen functional groups attached to an aromatic ring is 1. The van der Waals surface area contributed by atoms with E-state index in [4.69, 9.17) is 5.73 Å². The van der Waals surface area contributed by atoms with Crippen LogP contribution >= 0.6 is 11.8 Å². The van der Waals surface area contributed by atoms with Crippen LogP contribution in [0.15, 0.2) is 29.4 Å². The molecule has 2 aromatic rings. The Hall–Kier alpha value is -1.69. The molecule has 6 heteroatoms. The molecule has 1 aromatic heterocycles. The molecule has 0 saturated heterocycles. The first-order chi connectivity index (χ1) is 7.24. The molecule has 0 aliphatic rings. The number of nitrogens with one attached hydrogen (secondary N) is 1. The van der Waals surface area contributed by atoms with Crippen molar-refractivity contribution in [3.63, 3.8) is 0 Å². The van der Waals surface area contributed by atoms with Crippen molar-refractivity contribution in [1.82, 2.24) is 15.2 Å². The van der Waals surface area contributed by atoms with Gasteiger partial charge in [-0.05, 0) is 17.7 Å². The van der Waals surface area contributed by atoms with Gasteiger partial charge in [-0.3, -0.25) is 0 Å². The van der Waals surface area contributed by atoms with Gasteiger partial charge < -0.3 is 10.8 Å². The zero-order valence-corrected chi connectivity index (χ0v) is 8.66. The molecule has 0 saturated carbocycles. The first kappa shape index (κ1) is 9.85. The molecule has 1 heterocycles. The Morgan fingerprint density at radius 3 is 3.00 bits per heavy atom. The van der Waals surface area contributed by atoms with E-state index >= 15 is 0 Å². The molecule has 0 amide bonds. The van der Waals surface area contributed by atoms with E-state index in [1.54, 1.807) is 18.2 Å². The van der Waals surface area contributed by atoms with E-state index < -0.39 is 0 Å². The molecule has 2 rings (SSSR count). The number of nitrogens with two attached hydrogens (primary N) is 1. The molecule has 0 unspecified atom stereocenters. The Labute approximate surface area is 90.7 Å². The fourth-order valence-electron chi connectivity index (χ4n) is 1.12. The number of aromatic nitrogens is 3. The highest BCUT2D eigenvalue weighted by atomic mass is 32.2. The highest BCUT2D eigenvalue weighted by Crippen LogP contribution is 2.21. The van der Waals surface area contributed by atoms with Crippen molar-refractivity contribution in [1.29, 1.82) is 0 Å². The van der Waals surface area contributed by atoms with Crippen LogP contribution in [-0.4, -0.2) is 20.3 Å². The SMILES string of the molecule is Nc1nc(SCc2cccc(O)c2)n[nH]1. The average molecular weight is 222 g/mol. The summed E-state index contributed by atoms with van der Waals surface area (Å²) in [4.78, 5) is 3.96. The number of phenolic OH excluding ortho intramolecular Hbond substituents is 1. The number of aromatic hydroxyl groups is 1. The van der Waals surface area contributed by atoms with Crippen molar-refractivity contribution in [3.05, 3.63) is 29.8 Å². The molecular formula is C9H10N4OS. The number of hydrogen-bond acceptors (Lipinski definition) is 5. The molecule has 0 atom stereocenters. The van der Waals surface area contributed by atoms with Gasteiger partial charge in [0.25, 0.3) is 0 Å². The summed E-state index contributed by atoms with van der Waals surface area (Å²) in [7, 11) is 0. The number of thioether (sulfide) groups is 1. The monoisotopic (exact) mass is 222 g/mol. The summed E-state index contributed by atoms with van der Waals surface area (Å²) in [5, 5.41) is 16.3. The third-order valence-electron chi connectivity index (χ3n) is 1.76. The molecule has 0 bridgehead atoms. The van der Waals surface area contributed by atoms with Crippen molar-refractivity contribution >= 4 is 17.7 Å². The van der Waals surface area contributed by atoms with Crippen molar-refractivity contribution in [3.8, 4) is 5.75 Å². The summed E-state index contributed by atoms with van der Waals surface area (Å²) in [6.45, 7) is 0. The van der Waals surface area contributed by atoms with Gasteiger partial charge in [-0.25, -0.2) is 5.10 Å². The van der Waals surface area contributed by atoms with Crippen LogP contribution in [0.3, 0.4) is 0 Å². The van der Waals surface area contributed by atoms with E-state index in [1.807, 2.05) is 6.07 Å². The van der Waals surface area contributed by atoms with E-state index in [0.29, 0.717) is 16.9 Å². The molecule has 5 nitrogen and oxygen atoms in total. The lowest BCUT2D eigenvalue weighted by molar-refractivity contribution is 0.475. The molecule has 0 aliphatic heterocycles. The maximum Gasteiger partial charge on any atom is 0.216 e. The predicted molar refractivity (Wildman–Crippen MR) is 58.5 cm³/mol. The number of phenols is 1. The number of anilines is 1. The van der Waals surface area contributed by atoms with E-state index in [-0.39, 0.29) is 5.75 Å². The van der Waals surface area contributed by atoms with E-state index in [0.717, 1.165) is 5.56 Å². The lowest BCUT2D eigenvalue weighted by Gasteiger charge is -1.98. The Bertz CT molecular complexity index is 457. The van der Waals surface area contributed by atoms with Crippen LogP contribution in [-0.2, 0) is 5.75 Å². The third kappa shape index (κ3) is 2.63. The number of benzene rings is 1. The first-order valence-electron chi connectivity index (χ1n) is 4.32. The molecule has 15 heavy (non-hydrogen) atoms. The second-order valence-electron chi connectivity index (χ2n) is 2.96. The lowest BCUT2D eigenvalue weighted by Crippen LogP contribution is -1.85. The number of aromatic amines is 1. The molecule has 0 fully saturated rings. The highest BCUT2D eigenvalue weighted by Gasteiger charge is 2.02. The fourth-order valence-corrected chi connectivity index (χ4v) is 1.87. The van der Waals surface area contributed by atoms with Gasteiger partial charge in [-0.15, -0.1) is 5.10 Å². The van der Waals surface area contributed by atoms with Crippen LogP contribution in [0.4, 0.5) is 5.95 Å². The van der Waals surface area contributed by atoms with E-state index in [9.17, 15) is 5.11 Å².